The molecule has 0 aromatic heterocycles. The van der Waals surface area contributed by atoms with Crippen LogP contribution >= 0.6 is 0 Å². The second kappa shape index (κ2) is 13.3. The van der Waals surface area contributed by atoms with Crippen LogP contribution in [-0.2, 0) is 24.0 Å². The van der Waals surface area contributed by atoms with Gasteiger partial charge in [0.2, 0.25) is 17.7 Å². The lowest BCUT2D eigenvalue weighted by atomic mass is 10.0. The summed E-state index contributed by atoms with van der Waals surface area (Å²) in [7, 11) is 0. The quantitative estimate of drug-likeness (QED) is 0.0823. The van der Waals surface area contributed by atoms with Crippen LogP contribution in [0.25, 0.3) is 0 Å². The van der Waals surface area contributed by atoms with Crippen molar-refractivity contribution in [2.24, 2.45) is 28.1 Å². The van der Waals surface area contributed by atoms with Gasteiger partial charge in [-0.2, -0.15) is 0 Å². The molecule has 0 spiro atoms. The normalized spacial score (nSPS) is 18.0. The molecule has 3 amide bonds. The molecule has 1 heterocycles. The molecule has 34 heavy (non-hydrogen) atoms. The first kappa shape index (κ1) is 28.6. The maximum absolute atomic E-state index is 13.1. The lowest BCUT2D eigenvalue weighted by Crippen LogP contribution is -2.58. The van der Waals surface area contributed by atoms with Crippen molar-refractivity contribution < 1.29 is 34.2 Å². The van der Waals surface area contributed by atoms with Gasteiger partial charge in [0.1, 0.15) is 18.1 Å². The highest BCUT2D eigenvalue weighted by atomic mass is 16.4. The van der Waals surface area contributed by atoms with Gasteiger partial charge in [-0.1, -0.05) is 13.8 Å². The summed E-state index contributed by atoms with van der Waals surface area (Å²) in [6, 6.07) is -4.52. The summed E-state index contributed by atoms with van der Waals surface area (Å²) in [6.07, 6.45) is 0.594. The largest absolute Gasteiger partial charge is 0.481 e. The van der Waals surface area contributed by atoms with Gasteiger partial charge in [0.25, 0.3) is 0 Å². The van der Waals surface area contributed by atoms with Gasteiger partial charge in [0, 0.05) is 13.1 Å². The fraction of sp³-hybridized carbons (Fsp3) is 0.700. The highest BCUT2D eigenvalue weighted by molar-refractivity contribution is 5.95. The molecule has 0 aromatic carbocycles. The Kier molecular flexibility index (Phi) is 11.2. The Morgan fingerprint density at radius 3 is 2.26 bits per heavy atom. The number of carboxylic acids is 2. The van der Waals surface area contributed by atoms with E-state index in [0.29, 0.717) is 12.8 Å². The highest BCUT2D eigenvalue weighted by Gasteiger charge is 2.39. The summed E-state index contributed by atoms with van der Waals surface area (Å²) in [4.78, 5) is 65.8. The van der Waals surface area contributed by atoms with Gasteiger partial charge in [-0.25, -0.2) is 4.79 Å². The zero-order valence-corrected chi connectivity index (χ0v) is 19.4. The predicted octanol–water partition coefficient (Wildman–Crippen LogP) is -2.46. The molecule has 0 aromatic rings. The smallest absolute Gasteiger partial charge is 0.326 e. The zero-order chi connectivity index (χ0) is 26.0. The number of likely N-dealkylation sites (tertiary alicyclic amines) is 1. The Morgan fingerprint density at radius 1 is 1.09 bits per heavy atom. The van der Waals surface area contributed by atoms with Gasteiger partial charge >= 0.3 is 11.9 Å². The molecule has 0 radical (unpaired) electrons. The Balaban J connectivity index is 2.99. The minimum Gasteiger partial charge on any atom is -0.481 e. The summed E-state index contributed by atoms with van der Waals surface area (Å²) in [5.74, 6) is -4.98. The Hall–Kier alpha value is -3.42. The first-order valence-corrected chi connectivity index (χ1v) is 11.0. The molecule has 1 fully saturated rings. The number of carbonyl (C=O) groups is 5. The van der Waals surface area contributed by atoms with Crippen molar-refractivity contribution >= 4 is 35.6 Å². The summed E-state index contributed by atoms with van der Waals surface area (Å²) in [6.45, 7) is 3.83. The van der Waals surface area contributed by atoms with Crippen LogP contribution in [0.15, 0.2) is 4.99 Å². The van der Waals surface area contributed by atoms with E-state index in [9.17, 15) is 29.1 Å². The van der Waals surface area contributed by atoms with Crippen molar-refractivity contribution in [3.8, 4) is 0 Å². The number of carboxylic acid groups (broad SMARTS) is 2. The third-order valence-electron chi connectivity index (χ3n) is 5.36. The average molecular weight is 486 g/mol. The van der Waals surface area contributed by atoms with E-state index in [2.05, 4.69) is 15.6 Å². The van der Waals surface area contributed by atoms with E-state index < -0.39 is 60.2 Å². The van der Waals surface area contributed by atoms with E-state index >= 15 is 0 Å². The van der Waals surface area contributed by atoms with Crippen molar-refractivity contribution in [1.82, 2.24) is 15.5 Å². The van der Waals surface area contributed by atoms with Crippen LogP contribution in [0.3, 0.4) is 0 Å². The minimum absolute atomic E-state index is 0.0780. The number of aliphatic carboxylic acids is 2. The standard InChI is InChI=1S/C20H35N7O7/c1-10(2)15(18(32)27-8-4-6-13(27)19(33)34)26-17(31)12(5-3-7-24-20(22)23)25-16(30)11(21)9-14(28)29/h10-13,15H,3-9,21H2,1-2H3,(H,25,30)(H,26,31)(H,28,29)(H,33,34)(H4,22,23,24). The Morgan fingerprint density at radius 2 is 1.74 bits per heavy atom. The molecule has 1 aliphatic rings. The van der Waals surface area contributed by atoms with E-state index in [-0.39, 0.29) is 37.8 Å². The number of carbonyl (C=O) groups excluding carboxylic acids is 3. The predicted molar refractivity (Wildman–Crippen MR) is 121 cm³/mol. The minimum atomic E-state index is -1.38. The topological polar surface area (TPSA) is 244 Å². The number of guanidine groups is 1. The Bertz CT molecular complexity index is 798. The van der Waals surface area contributed by atoms with Gasteiger partial charge in [0.05, 0.1) is 12.5 Å². The number of nitrogens with two attached hydrogens (primary N) is 3. The van der Waals surface area contributed by atoms with Gasteiger partial charge in [0.15, 0.2) is 5.96 Å². The molecule has 4 atom stereocenters. The number of rotatable bonds is 13. The molecular weight excluding hydrogens is 450 g/mol. The molecule has 0 aliphatic carbocycles. The number of nitrogens with zero attached hydrogens (tertiary/aromatic N) is 2. The fourth-order valence-corrected chi connectivity index (χ4v) is 3.57. The maximum atomic E-state index is 13.1. The molecule has 1 rings (SSSR count). The maximum Gasteiger partial charge on any atom is 0.326 e. The SMILES string of the molecule is CC(C)C(NC(=O)C(CCCN=C(N)N)NC(=O)C(N)CC(=O)O)C(=O)N1CCCC1C(=O)O. The van der Waals surface area contributed by atoms with Crippen molar-refractivity contribution in [2.45, 2.75) is 70.1 Å². The molecule has 0 saturated carbocycles. The van der Waals surface area contributed by atoms with E-state index in [4.69, 9.17) is 22.3 Å². The average Bonchev–Trinajstić information content (AvgIpc) is 3.22. The number of hydrogen-bond acceptors (Lipinski definition) is 7. The second-order valence-electron chi connectivity index (χ2n) is 8.47. The van der Waals surface area contributed by atoms with Crippen molar-refractivity contribution in [3.05, 3.63) is 0 Å². The van der Waals surface area contributed by atoms with Gasteiger partial charge in [-0.3, -0.25) is 24.2 Å². The van der Waals surface area contributed by atoms with E-state index in [1.165, 1.54) is 4.90 Å². The number of nitrogens with one attached hydrogen (secondary N) is 2. The number of amides is 3. The highest BCUT2D eigenvalue weighted by Crippen LogP contribution is 2.20. The Labute approximate surface area is 197 Å². The first-order chi connectivity index (χ1) is 15.8. The van der Waals surface area contributed by atoms with Crippen molar-refractivity contribution in [3.63, 3.8) is 0 Å². The molecule has 10 N–H and O–H groups in total. The molecule has 1 saturated heterocycles. The molecular formula is C20H35N7O7. The van der Waals surface area contributed by atoms with Crippen LogP contribution in [0, 0.1) is 5.92 Å². The zero-order valence-electron chi connectivity index (χ0n) is 19.4. The van der Waals surface area contributed by atoms with Crippen molar-refractivity contribution in [1.29, 1.82) is 0 Å². The molecule has 1 aliphatic heterocycles. The van der Waals surface area contributed by atoms with Gasteiger partial charge in [-0.15, -0.1) is 0 Å². The summed E-state index contributed by atoms with van der Waals surface area (Å²) >= 11 is 0. The van der Waals surface area contributed by atoms with E-state index in [0.717, 1.165) is 0 Å². The van der Waals surface area contributed by atoms with Crippen LogP contribution in [0.5, 0.6) is 0 Å². The monoisotopic (exact) mass is 485 g/mol. The summed E-state index contributed by atoms with van der Waals surface area (Å²) in [5, 5.41) is 23.3. The van der Waals surface area contributed by atoms with Crippen LogP contribution in [-0.4, -0.2) is 88.0 Å². The van der Waals surface area contributed by atoms with Crippen LogP contribution in [0.4, 0.5) is 0 Å². The molecule has 14 heteroatoms. The van der Waals surface area contributed by atoms with Gasteiger partial charge < -0.3 is 42.9 Å². The lowest BCUT2D eigenvalue weighted by Gasteiger charge is -2.30. The van der Waals surface area contributed by atoms with Crippen molar-refractivity contribution in [2.75, 3.05) is 13.1 Å². The fourth-order valence-electron chi connectivity index (χ4n) is 3.57. The third-order valence-corrected chi connectivity index (χ3v) is 5.36. The van der Waals surface area contributed by atoms with E-state index in [1.807, 2.05) is 0 Å². The molecule has 4 unspecified atom stereocenters. The summed E-state index contributed by atoms with van der Waals surface area (Å²) < 4.78 is 0. The second-order valence-corrected chi connectivity index (χ2v) is 8.47. The molecule has 14 nitrogen and oxygen atoms in total. The summed E-state index contributed by atoms with van der Waals surface area (Å²) in [5.41, 5.74) is 16.2. The molecule has 192 valence electrons. The van der Waals surface area contributed by atoms with Crippen LogP contribution < -0.4 is 27.8 Å². The number of hydrogen-bond donors (Lipinski definition) is 7. The molecule has 0 bridgehead atoms. The number of aliphatic imine (C=N–C) groups is 1. The van der Waals surface area contributed by atoms with Crippen LogP contribution in [0.2, 0.25) is 0 Å². The lowest BCUT2D eigenvalue weighted by molar-refractivity contribution is -0.150. The first-order valence-electron chi connectivity index (χ1n) is 11.0. The van der Waals surface area contributed by atoms with Gasteiger partial charge in [-0.05, 0) is 31.6 Å². The third kappa shape index (κ3) is 8.84. The van der Waals surface area contributed by atoms with Crippen LogP contribution in [0.1, 0.15) is 46.0 Å². The van der Waals surface area contributed by atoms with E-state index in [1.54, 1.807) is 13.8 Å².